The van der Waals surface area contributed by atoms with Crippen LogP contribution in [0.25, 0.3) is 11.3 Å². The molecule has 0 aliphatic heterocycles. The summed E-state index contributed by atoms with van der Waals surface area (Å²) < 4.78 is 16.6. The zero-order chi connectivity index (χ0) is 48.2. The molecule has 0 saturated heterocycles. The van der Waals surface area contributed by atoms with Gasteiger partial charge >= 0.3 is 51.4 Å². The number of hydrogen-bond acceptors (Lipinski definition) is 18. The summed E-state index contributed by atoms with van der Waals surface area (Å²) in [6.07, 6.45) is 5.99. The average Bonchev–Trinajstić information content (AvgIpc) is 3.74. The summed E-state index contributed by atoms with van der Waals surface area (Å²) in [6.45, 7) is 3.45. The number of carbonyl (C=O) groups is 2. The number of hydrazone groups is 2. The Morgan fingerprint density at radius 1 is 0.779 bits per heavy atom. The van der Waals surface area contributed by atoms with Gasteiger partial charge < -0.3 is 48.5 Å². The van der Waals surface area contributed by atoms with Crippen LogP contribution < -0.4 is 106 Å². The minimum atomic E-state index is -0.0926. The molecule has 0 atom stereocenters. The summed E-state index contributed by atoms with van der Waals surface area (Å²) in [5, 5.41) is 21.3. The number of aldehydes is 1. The van der Waals surface area contributed by atoms with Crippen LogP contribution in [0.2, 0.25) is 0 Å². The van der Waals surface area contributed by atoms with Crippen molar-refractivity contribution in [3.05, 3.63) is 174 Å². The number of ketones is 1. The van der Waals surface area contributed by atoms with E-state index in [2.05, 4.69) is 70.0 Å². The number of nitrogen functional groups attached to an aromatic ring is 1. The first-order valence-corrected chi connectivity index (χ1v) is 19.7. The maximum absolute atomic E-state index is 11.0. The number of nitrogens with zero attached hydrogens (tertiary/aromatic N) is 5. The monoisotopic (exact) mass is 1030 g/mol. The topological polar surface area (TPSA) is 354 Å². The zero-order valence-electron chi connectivity index (χ0n) is 37.3. The molecule has 1 aromatic heterocycles. The maximum Gasteiger partial charge on any atom is 1.00 e. The largest absolute Gasteiger partial charge is 1.00 e. The van der Waals surface area contributed by atoms with Gasteiger partial charge in [0.05, 0.1) is 51.0 Å². The van der Waals surface area contributed by atoms with Crippen LogP contribution in [0, 0.1) is 0 Å². The molecule has 21 nitrogen and oxygen atoms in total. The first-order valence-electron chi connectivity index (χ1n) is 18.5. The van der Waals surface area contributed by atoms with Gasteiger partial charge in [-0.15, -0.1) is 10.1 Å². The van der Waals surface area contributed by atoms with Crippen LogP contribution in [-0.4, -0.2) is 77.5 Å². The minimum Gasteiger partial charge on any atom is -0.870 e. The Balaban J connectivity index is -0.000000804. The first kappa shape index (κ1) is 65.8. The van der Waals surface area contributed by atoms with E-state index in [9.17, 15) is 9.59 Å². The number of benzene rings is 5. The van der Waals surface area contributed by atoms with E-state index in [0.29, 0.717) is 22.7 Å². The number of guanidine groups is 1. The smallest absolute Gasteiger partial charge is 0.870 e. The molecule has 0 saturated carbocycles. The van der Waals surface area contributed by atoms with Crippen molar-refractivity contribution in [3.8, 4) is 28.5 Å². The third kappa shape index (κ3) is 29.2. The molecule has 0 bridgehead atoms. The number of imidazole rings is 1. The Kier molecular flexibility index (Phi) is 39.4. The van der Waals surface area contributed by atoms with E-state index in [0.717, 1.165) is 51.5 Å². The van der Waals surface area contributed by atoms with Gasteiger partial charge in [-0.1, -0.05) is 95.6 Å². The number of methoxy groups -OCH3 is 3. The Morgan fingerprint density at radius 3 is 1.56 bits per heavy atom. The minimum absolute atomic E-state index is 0. The summed E-state index contributed by atoms with van der Waals surface area (Å²) >= 11 is 3.10. The Bertz CT molecular complexity index is 2320. The van der Waals surface area contributed by atoms with Crippen LogP contribution in [0.15, 0.2) is 167 Å². The zero-order valence-corrected chi connectivity index (χ0v) is 42.0. The second-order valence-electron chi connectivity index (χ2n) is 11.9. The number of Topliss-reactive ketones (excluding diaryl/α,β-unsaturated/α-hetero) is 1. The molecule has 6 rings (SSSR count). The van der Waals surface area contributed by atoms with Gasteiger partial charge in [0, 0.05) is 16.7 Å². The van der Waals surface area contributed by atoms with Crippen molar-refractivity contribution in [2.45, 2.75) is 7.43 Å². The molecule has 5 aromatic carbocycles. The van der Waals surface area contributed by atoms with Crippen LogP contribution in [0.1, 0.15) is 39.3 Å². The third-order valence-corrected chi connectivity index (χ3v) is 7.94. The van der Waals surface area contributed by atoms with Crippen molar-refractivity contribution in [1.29, 1.82) is 0 Å². The second kappa shape index (κ2) is 40.8. The van der Waals surface area contributed by atoms with Gasteiger partial charge in [-0.2, -0.15) is 16.1 Å². The predicted molar refractivity (Wildman–Crippen MR) is 266 cm³/mol. The van der Waals surface area contributed by atoms with Crippen molar-refractivity contribution in [2.75, 3.05) is 32.4 Å². The van der Waals surface area contributed by atoms with Crippen LogP contribution in [0.5, 0.6) is 17.2 Å². The van der Waals surface area contributed by atoms with Crippen LogP contribution >= 0.6 is 15.9 Å². The molecule has 0 spiro atoms. The molecule has 0 radical (unpaired) electrons. The number of nitrogens with two attached hydrogens (primary N) is 6. The van der Waals surface area contributed by atoms with Gasteiger partial charge in [-0.25, -0.2) is 14.9 Å². The van der Waals surface area contributed by atoms with Crippen molar-refractivity contribution in [1.82, 2.24) is 15.1 Å². The van der Waals surface area contributed by atoms with E-state index < -0.39 is 0 Å². The molecular formula is C45H58BrKN12O9. The van der Waals surface area contributed by atoms with E-state index in [-0.39, 0.29) is 76.0 Å². The fourth-order valence-electron chi connectivity index (χ4n) is 4.31. The number of aromatic nitrogens is 2. The molecule has 0 fully saturated rings. The fourth-order valence-corrected chi connectivity index (χ4v) is 4.63. The van der Waals surface area contributed by atoms with Gasteiger partial charge in [0.15, 0.2) is 5.78 Å². The van der Waals surface area contributed by atoms with Crippen molar-refractivity contribution in [2.24, 2.45) is 44.2 Å². The molecular weight excluding hydrogens is 972 g/mol. The molecule has 1 heterocycles. The molecule has 6 aromatic rings. The summed E-state index contributed by atoms with van der Waals surface area (Å²) in [4.78, 5) is 28.6. The van der Waals surface area contributed by atoms with Gasteiger partial charge in [-0.3, -0.25) is 15.0 Å². The van der Waals surface area contributed by atoms with Crippen LogP contribution in [0.3, 0.4) is 0 Å². The first-order chi connectivity index (χ1) is 31.4. The fraction of sp³-hybridized carbons (Fsp3) is 0.111. The second-order valence-corrected chi connectivity index (χ2v) is 12.5. The predicted octanol–water partition coefficient (Wildman–Crippen LogP) is 2.72. The molecule has 0 unspecified atom stereocenters. The third-order valence-electron chi connectivity index (χ3n) is 7.43. The number of rotatable bonds is 13. The number of carbonyl (C=O) groups excluding carboxylic acids is 2. The average molecular weight is 1030 g/mol. The van der Waals surface area contributed by atoms with Crippen LogP contribution in [-0.2, 0) is 10.0 Å². The van der Waals surface area contributed by atoms with Crippen LogP contribution in [0.4, 0.5) is 5.95 Å². The van der Waals surface area contributed by atoms with Crippen molar-refractivity contribution in [3.63, 3.8) is 0 Å². The van der Waals surface area contributed by atoms with Crippen molar-refractivity contribution < 1.29 is 95.9 Å². The SMILES string of the molecule is C.C=C(N)N/N=C/c1ccc(OC)cc1.COc1ccc(/C=N/n2cc(-c3ccccc3)nc2N)cc1.COc1ccc(C=O)cc1.NN=C(N)N.NOOO.O=C(CBr)c1ccccc1.[K+].[OH-]. The summed E-state index contributed by atoms with van der Waals surface area (Å²) in [7, 11) is 4.86. The Labute approximate surface area is 446 Å². The quantitative estimate of drug-likeness (QED) is 0.00949. The molecule has 0 aliphatic carbocycles. The number of ether oxygens (including phenoxy) is 3. The molecule has 15 N–H and O–H groups in total. The Morgan fingerprint density at radius 2 is 1.19 bits per heavy atom. The van der Waals surface area contributed by atoms with E-state index in [1.807, 2.05) is 115 Å². The number of alkyl halides is 1. The number of halogens is 1. The summed E-state index contributed by atoms with van der Waals surface area (Å²) in [5.74, 6) is 11.7. The van der Waals surface area contributed by atoms with Crippen molar-refractivity contribution >= 4 is 52.3 Å². The number of hydrogen-bond donors (Lipinski definition) is 8. The molecule has 23 heteroatoms. The summed E-state index contributed by atoms with van der Waals surface area (Å²) in [5.41, 5.74) is 28.2. The van der Waals surface area contributed by atoms with E-state index in [4.69, 9.17) is 42.4 Å². The van der Waals surface area contributed by atoms with E-state index >= 15 is 0 Å². The van der Waals surface area contributed by atoms with E-state index in [1.165, 1.54) is 0 Å². The number of nitrogens with one attached hydrogen (secondary N) is 1. The number of anilines is 1. The van der Waals surface area contributed by atoms with Gasteiger partial charge in [0.2, 0.25) is 11.9 Å². The molecule has 0 amide bonds. The van der Waals surface area contributed by atoms with Gasteiger partial charge in [0.1, 0.15) is 29.4 Å². The molecule has 68 heavy (non-hydrogen) atoms. The molecule has 0 aliphatic rings. The van der Waals surface area contributed by atoms with Gasteiger partial charge in [-0.05, 0) is 83.9 Å². The molecule has 360 valence electrons. The summed E-state index contributed by atoms with van der Waals surface area (Å²) in [6, 6.07) is 41.1. The Hall–Kier alpha value is -6.48. The normalized spacial score (nSPS) is 9.21. The maximum atomic E-state index is 11.0. The van der Waals surface area contributed by atoms with Gasteiger partial charge in [0.25, 0.3) is 0 Å². The van der Waals surface area contributed by atoms with E-state index in [1.54, 1.807) is 62.7 Å². The standard InChI is InChI=1S/C17H16N4O.C10H13N3O.C8H7BrO.C8H8O2.CH6N4.CH4.K.H3NO3.H2O/c1-22-15-9-7-13(8-10-15)11-19-21-12-16(20-17(21)18)14-5-3-2-4-6-14;1-8(11)13-12-7-9-3-5-10(14-2)6-4-9;9-6-8(10)7-4-2-1-3-5-7;1-10-8-4-2-7(6-9)3-5-8;2-1(3)5-4;;;1-3-4-2;/h2-12H,1H3,(H2,18,20);3-7,13H,1,11H2,2H3;1-5H,6H2;2-6H,1H3;4H2,(H4,2,3,5);1H4;;2H,1H2;1H2/q;;;;;;+1;;/p-1/b19-11+;12-7+;;;;;;;.